The zero-order chi connectivity index (χ0) is 19.1. The fourth-order valence-corrected chi connectivity index (χ4v) is 4.53. The van der Waals surface area contributed by atoms with E-state index in [1.54, 1.807) is 11.9 Å². The van der Waals surface area contributed by atoms with Crippen LogP contribution in [0, 0.1) is 25.7 Å². The van der Waals surface area contributed by atoms with Crippen LogP contribution in [0.5, 0.6) is 0 Å². The van der Waals surface area contributed by atoms with Crippen LogP contribution in [-0.2, 0) is 11.8 Å². The van der Waals surface area contributed by atoms with Crippen LogP contribution in [0.2, 0.25) is 0 Å². The molecule has 2 aliphatic rings. The topological polar surface area (TPSA) is 71.8 Å². The van der Waals surface area contributed by atoms with E-state index in [-0.39, 0.29) is 28.9 Å². The van der Waals surface area contributed by atoms with Crippen molar-refractivity contribution in [2.24, 2.45) is 18.9 Å². The molecule has 3 heterocycles. The fraction of sp³-hybridized carbons (Fsp3) is 0.700. The highest BCUT2D eigenvalue weighted by Gasteiger charge is 2.46. The van der Waals surface area contributed by atoms with Crippen LogP contribution in [0.3, 0.4) is 0 Å². The van der Waals surface area contributed by atoms with E-state index in [1.165, 1.54) is 4.57 Å². The maximum atomic E-state index is 13.0. The second-order valence-electron chi connectivity index (χ2n) is 7.99. The van der Waals surface area contributed by atoms with Crippen LogP contribution in [0.4, 0.5) is 0 Å². The van der Waals surface area contributed by atoms with E-state index in [4.69, 9.17) is 4.74 Å². The Bertz CT molecular complexity index is 751. The first-order valence-electron chi connectivity index (χ1n) is 9.52. The normalized spacial score (nSPS) is 27.6. The SMILES string of the molecule is Cc1cc(C)n(C)c(=O)c1C(=O)N1CC[C@@](O)(C2CCOCC2)[C@H](C)C1. The van der Waals surface area contributed by atoms with Gasteiger partial charge in [0.1, 0.15) is 5.56 Å². The first-order valence-corrected chi connectivity index (χ1v) is 9.52. The molecule has 1 aromatic heterocycles. The predicted octanol–water partition coefficient (Wildman–Crippen LogP) is 1.64. The first kappa shape index (κ1) is 19.1. The summed E-state index contributed by atoms with van der Waals surface area (Å²) in [4.78, 5) is 27.4. The molecule has 0 radical (unpaired) electrons. The zero-order valence-electron chi connectivity index (χ0n) is 16.2. The lowest BCUT2D eigenvalue weighted by Crippen LogP contribution is -2.57. The summed E-state index contributed by atoms with van der Waals surface area (Å²) in [6, 6.07) is 1.88. The van der Waals surface area contributed by atoms with Gasteiger partial charge < -0.3 is 19.3 Å². The van der Waals surface area contributed by atoms with Crippen molar-refractivity contribution in [2.75, 3.05) is 26.3 Å². The van der Waals surface area contributed by atoms with Crippen molar-refractivity contribution >= 4 is 5.91 Å². The Balaban J connectivity index is 1.80. The molecule has 0 unspecified atom stereocenters. The molecule has 1 N–H and O–H groups in total. The second-order valence-corrected chi connectivity index (χ2v) is 7.99. The predicted molar refractivity (Wildman–Crippen MR) is 99.3 cm³/mol. The molecular formula is C20H30N2O4. The van der Waals surface area contributed by atoms with Gasteiger partial charge in [0.15, 0.2) is 0 Å². The molecule has 6 heteroatoms. The molecule has 1 aromatic rings. The van der Waals surface area contributed by atoms with Crippen molar-refractivity contribution in [3.05, 3.63) is 33.2 Å². The van der Waals surface area contributed by atoms with E-state index in [2.05, 4.69) is 0 Å². The molecule has 1 amide bonds. The molecule has 2 aliphatic heterocycles. The van der Waals surface area contributed by atoms with Crippen molar-refractivity contribution in [3.8, 4) is 0 Å². The monoisotopic (exact) mass is 362 g/mol. The minimum atomic E-state index is -0.756. The third-order valence-corrected chi connectivity index (χ3v) is 6.43. The van der Waals surface area contributed by atoms with E-state index >= 15 is 0 Å². The highest BCUT2D eigenvalue weighted by Crippen LogP contribution is 2.39. The van der Waals surface area contributed by atoms with Gasteiger partial charge in [-0.15, -0.1) is 0 Å². The van der Waals surface area contributed by atoms with Crippen molar-refractivity contribution in [1.82, 2.24) is 9.47 Å². The smallest absolute Gasteiger partial charge is 0.263 e. The summed E-state index contributed by atoms with van der Waals surface area (Å²) >= 11 is 0. The van der Waals surface area contributed by atoms with Gasteiger partial charge in [0.05, 0.1) is 5.60 Å². The first-order chi connectivity index (χ1) is 12.3. The number of piperidine rings is 1. The third kappa shape index (κ3) is 3.21. The van der Waals surface area contributed by atoms with Crippen LogP contribution in [-0.4, -0.2) is 52.4 Å². The van der Waals surface area contributed by atoms with Crippen LogP contribution in [0.25, 0.3) is 0 Å². The summed E-state index contributed by atoms with van der Waals surface area (Å²) in [6.07, 6.45) is 2.29. The number of carbonyl (C=O) groups excluding carboxylic acids is 1. The van der Waals surface area contributed by atoms with Gasteiger partial charge >= 0.3 is 0 Å². The average Bonchev–Trinajstić information content (AvgIpc) is 2.62. The number of aromatic nitrogens is 1. The number of aliphatic hydroxyl groups is 1. The molecule has 2 fully saturated rings. The Kier molecular flexibility index (Phi) is 5.26. The Morgan fingerprint density at radius 3 is 2.58 bits per heavy atom. The molecule has 26 heavy (non-hydrogen) atoms. The van der Waals surface area contributed by atoms with E-state index in [0.717, 1.165) is 18.5 Å². The van der Waals surface area contributed by atoms with Crippen molar-refractivity contribution in [3.63, 3.8) is 0 Å². The van der Waals surface area contributed by atoms with Crippen molar-refractivity contribution < 1.29 is 14.6 Å². The Morgan fingerprint density at radius 1 is 1.31 bits per heavy atom. The molecule has 144 valence electrons. The molecule has 6 nitrogen and oxygen atoms in total. The standard InChI is InChI=1S/C20H30N2O4/c1-13-11-15(3)21(4)18(23)17(13)19(24)22-8-7-20(25,14(2)12-22)16-5-9-26-10-6-16/h11,14,16,25H,5-10,12H2,1-4H3/t14-,20+/m1/s1. The molecular weight excluding hydrogens is 332 g/mol. The quantitative estimate of drug-likeness (QED) is 0.868. The van der Waals surface area contributed by atoms with Crippen LogP contribution in [0.15, 0.2) is 10.9 Å². The highest BCUT2D eigenvalue weighted by molar-refractivity contribution is 5.95. The van der Waals surface area contributed by atoms with E-state index < -0.39 is 5.60 Å². The summed E-state index contributed by atoms with van der Waals surface area (Å²) in [7, 11) is 1.69. The third-order valence-electron chi connectivity index (χ3n) is 6.43. The Morgan fingerprint density at radius 2 is 1.96 bits per heavy atom. The molecule has 0 saturated carbocycles. The molecule has 3 rings (SSSR count). The number of ether oxygens (including phenoxy) is 1. The van der Waals surface area contributed by atoms with Gasteiger partial charge in [-0.2, -0.15) is 0 Å². The summed E-state index contributed by atoms with van der Waals surface area (Å²) < 4.78 is 6.94. The van der Waals surface area contributed by atoms with Crippen LogP contribution in [0.1, 0.15) is 47.8 Å². The lowest BCUT2D eigenvalue weighted by atomic mass is 9.70. The van der Waals surface area contributed by atoms with Crippen molar-refractivity contribution in [2.45, 2.75) is 45.6 Å². The largest absolute Gasteiger partial charge is 0.389 e. The number of likely N-dealkylation sites (tertiary alicyclic amines) is 1. The van der Waals surface area contributed by atoms with Gasteiger partial charge in [-0.25, -0.2) is 0 Å². The zero-order valence-corrected chi connectivity index (χ0v) is 16.2. The number of aryl methyl sites for hydroxylation is 2. The summed E-state index contributed by atoms with van der Waals surface area (Å²) in [5.41, 5.74) is 0.805. The number of nitrogens with zero attached hydrogens (tertiary/aromatic N) is 2. The molecule has 0 bridgehead atoms. The number of hydrogen-bond donors (Lipinski definition) is 1. The van der Waals surface area contributed by atoms with E-state index in [0.29, 0.717) is 38.3 Å². The fourth-order valence-electron chi connectivity index (χ4n) is 4.53. The minimum absolute atomic E-state index is 0.0297. The summed E-state index contributed by atoms with van der Waals surface area (Å²) in [6.45, 7) is 8.03. The van der Waals surface area contributed by atoms with Gasteiger partial charge in [-0.05, 0) is 50.7 Å². The van der Waals surface area contributed by atoms with Gasteiger partial charge in [-0.1, -0.05) is 6.92 Å². The molecule has 0 aromatic carbocycles. The molecule has 0 spiro atoms. The lowest BCUT2D eigenvalue weighted by molar-refractivity contribution is -0.125. The summed E-state index contributed by atoms with van der Waals surface area (Å²) in [5, 5.41) is 11.3. The van der Waals surface area contributed by atoms with Crippen LogP contribution < -0.4 is 5.56 Å². The van der Waals surface area contributed by atoms with E-state index in [1.807, 2.05) is 26.8 Å². The minimum Gasteiger partial charge on any atom is -0.389 e. The van der Waals surface area contributed by atoms with Gasteiger partial charge in [-0.3, -0.25) is 9.59 Å². The van der Waals surface area contributed by atoms with Gasteiger partial charge in [0.25, 0.3) is 11.5 Å². The van der Waals surface area contributed by atoms with Crippen molar-refractivity contribution in [1.29, 1.82) is 0 Å². The summed E-state index contributed by atoms with van der Waals surface area (Å²) in [5.74, 6) is -0.0284. The molecule has 0 aliphatic carbocycles. The average molecular weight is 362 g/mol. The number of rotatable bonds is 2. The lowest BCUT2D eigenvalue weighted by Gasteiger charge is -2.48. The Hall–Kier alpha value is -1.66. The maximum Gasteiger partial charge on any atom is 0.263 e. The van der Waals surface area contributed by atoms with Crippen LogP contribution >= 0.6 is 0 Å². The second kappa shape index (κ2) is 7.16. The maximum absolute atomic E-state index is 13.0. The Labute approximate surface area is 154 Å². The molecule has 2 saturated heterocycles. The van der Waals surface area contributed by atoms with Gasteiger partial charge in [0, 0.05) is 45.0 Å². The number of amides is 1. The highest BCUT2D eigenvalue weighted by atomic mass is 16.5. The number of pyridine rings is 1. The number of carbonyl (C=O) groups is 1. The van der Waals surface area contributed by atoms with E-state index in [9.17, 15) is 14.7 Å². The number of hydrogen-bond acceptors (Lipinski definition) is 4. The molecule has 2 atom stereocenters. The van der Waals surface area contributed by atoms with Gasteiger partial charge in [0.2, 0.25) is 0 Å².